The maximum absolute atomic E-state index is 14.5. The molecule has 0 bridgehead atoms. The highest BCUT2D eigenvalue weighted by Crippen LogP contribution is 2.40. The number of nitrogens with zero attached hydrogens (tertiary/aromatic N) is 4. The molecule has 3 heterocycles. The standard InChI is InChI=1S/C36H36ClF2N7O4S2/c1-36(2,52(49,50)25-7-8-25)13-12-24-6-9-26(27-10-11-28(37)32-34(27)46(3)44-35(32)45-51(4,5)48)33(42-24)29(18-21-16-22(38)19-23(39)17-21)43-31(47)20-30-40-14-15-41-30/h6,9-11,14-17,19,25,29H,4,7-8,18,20H2,1-3,5H3,(H,40,41)(H,43,47)(H,44,45,48)/t29-,51?/m0/s1. The van der Waals surface area contributed by atoms with E-state index in [0.717, 1.165) is 6.07 Å². The smallest absolute Gasteiger partial charge is 0.228 e. The number of H-pyrrole nitrogens is 1. The van der Waals surface area contributed by atoms with Crippen LogP contribution in [0, 0.1) is 23.5 Å². The zero-order chi connectivity index (χ0) is 37.6. The number of pyridine rings is 1. The molecule has 0 spiro atoms. The summed E-state index contributed by atoms with van der Waals surface area (Å²) in [6.07, 6.45) is 5.48. The molecule has 3 aromatic heterocycles. The lowest BCUT2D eigenvalue weighted by atomic mass is 9.93. The number of aryl methyl sites for hydroxylation is 1. The topological polar surface area (TPSA) is 152 Å². The molecule has 52 heavy (non-hydrogen) atoms. The van der Waals surface area contributed by atoms with Crippen molar-refractivity contribution in [1.29, 1.82) is 0 Å². The molecule has 0 aliphatic heterocycles. The molecule has 1 amide bonds. The molecule has 3 N–H and O–H groups in total. The molecule has 2 atom stereocenters. The Balaban J connectivity index is 1.55. The van der Waals surface area contributed by atoms with Crippen LogP contribution in [0.4, 0.5) is 14.6 Å². The van der Waals surface area contributed by atoms with Crippen LogP contribution in [-0.4, -0.2) is 65.4 Å². The van der Waals surface area contributed by atoms with Gasteiger partial charge in [0.1, 0.15) is 27.9 Å². The minimum atomic E-state index is -3.54. The minimum absolute atomic E-state index is 0.0919. The number of imidazole rings is 1. The van der Waals surface area contributed by atoms with Crippen LogP contribution in [0.3, 0.4) is 0 Å². The molecular formula is C36H36ClF2N7O4S2. The summed E-state index contributed by atoms with van der Waals surface area (Å²) in [4.78, 5) is 25.4. The number of rotatable bonds is 11. The summed E-state index contributed by atoms with van der Waals surface area (Å²) in [7, 11) is -4.61. The fourth-order valence-electron chi connectivity index (χ4n) is 5.96. The van der Waals surface area contributed by atoms with Crippen molar-refractivity contribution >= 4 is 59.6 Å². The monoisotopic (exact) mass is 767 g/mol. The van der Waals surface area contributed by atoms with Crippen LogP contribution < -0.4 is 10.0 Å². The largest absolute Gasteiger partial charge is 0.348 e. The molecule has 1 aliphatic carbocycles. The van der Waals surface area contributed by atoms with Crippen molar-refractivity contribution in [3.8, 4) is 23.0 Å². The zero-order valence-corrected chi connectivity index (χ0v) is 31.1. The Morgan fingerprint density at radius 2 is 1.83 bits per heavy atom. The number of amides is 1. The van der Waals surface area contributed by atoms with Gasteiger partial charge in [0, 0.05) is 52.6 Å². The SMILES string of the molecule is C=S(C)(=O)Nc1nn(C)c2c(-c3ccc(C#CC(C)(C)S(=O)(=O)C4CC4)nc3[C@H](Cc3cc(F)cc(F)c3)NC(=O)Cc3ncc[nH]3)ccc(Cl)c12. The molecule has 1 unspecified atom stereocenters. The van der Waals surface area contributed by atoms with Crippen molar-refractivity contribution in [1.82, 2.24) is 30.0 Å². The highest BCUT2D eigenvalue weighted by atomic mass is 35.5. The van der Waals surface area contributed by atoms with Gasteiger partial charge in [0.05, 0.1) is 39.3 Å². The first kappa shape index (κ1) is 37.0. The summed E-state index contributed by atoms with van der Waals surface area (Å²) in [5.74, 6) is 8.08. The lowest BCUT2D eigenvalue weighted by Gasteiger charge is -2.22. The van der Waals surface area contributed by atoms with Crippen molar-refractivity contribution in [2.75, 3.05) is 11.0 Å². The maximum atomic E-state index is 14.5. The van der Waals surface area contributed by atoms with Crippen LogP contribution in [0.2, 0.25) is 5.02 Å². The summed E-state index contributed by atoms with van der Waals surface area (Å²) >= 11 is 6.69. The summed E-state index contributed by atoms with van der Waals surface area (Å²) in [6, 6.07) is 8.83. The Morgan fingerprint density at radius 1 is 1.13 bits per heavy atom. The minimum Gasteiger partial charge on any atom is -0.348 e. The Labute approximate surface area is 305 Å². The number of carbonyl (C=O) groups is 1. The van der Waals surface area contributed by atoms with Crippen LogP contribution in [0.25, 0.3) is 22.0 Å². The molecule has 0 radical (unpaired) electrons. The van der Waals surface area contributed by atoms with Gasteiger partial charge < -0.3 is 10.3 Å². The summed E-state index contributed by atoms with van der Waals surface area (Å²) < 4.78 is 70.9. The van der Waals surface area contributed by atoms with Crippen LogP contribution in [0.5, 0.6) is 0 Å². The first-order chi connectivity index (χ1) is 24.4. The van der Waals surface area contributed by atoms with Crippen molar-refractivity contribution in [3.63, 3.8) is 0 Å². The van der Waals surface area contributed by atoms with Gasteiger partial charge in [0.2, 0.25) is 5.91 Å². The lowest BCUT2D eigenvalue weighted by Crippen LogP contribution is -2.33. The molecular weight excluding hydrogens is 732 g/mol. The fourth-order valence-corrected chi connectivity index (χ4v) is 8.54. The second-order valence-corrected chi connectivity index (χ2v) is 18.7. The molecule has 2 aromatic carbocycles. The number of aromatic amines is 1. The number of aromatic nitrogens is 5. The predicted octanol–water partition coefficient (Wildman–Crippen LogP) is 5.31. The number of halogens is 3. The van der Waals surface area contributed by atoms with Crippen LogP contribution in [-0.2, 0) is 44.2 Å². The third-order valence-electron chi connectivity index (χ3n) is 8.54. The van der Waals surface area contributed by atoms with E-state index in [4.69, 9.17) is 16.6 Å². The molecule has 11 nitrogen and oxygen atoms in total. The predicted molar refractivity (Wildman–Crippen MR) is 200 cm³/mol. The van der Waals surface area contributed by atoms with E-state index in [0.29, 0.717) is 45.7 Å². The van der Waals surface area contributed by atoms with E-state index in [2.05, 4.69) is 42.8 Å². The van der Waals surface area contributed by atoms with Gasteiger partial charge in [-0.3, -0.25) is 14.2 Å². The number of sulfone groups is 1. The third-order valence-corrected chi connectivity index (χ3v) is 12.4. The number of hydrogen-bond donors (Lipinski definition) is 3. The van der Waals surface area contributed by atoms with Crippen LogP contribution in [0.15, 0.2) is 54.9 Å². The van der Waals surface area contributed by atoms with E-state index < -0.39 is 53.1 Å². The lowest BCUT2D eigenvalue weighted by molar-refractivity contribution is -0.121. The van der Waals surface area contributed by atoms with Gasteiger partial charge in [0.15, 0.2) is 15.7 Å². The molecule has 5 aromatic rings. The van der Waals surface area contributed by atoms with E-state index >= 15 is 0 Å². The second kappa shape index (κ2) is 14.0. The third kappa shape index (κ3) is 7.99. The van der Waals surface area contributed by atoms with Crippen LogP contribution >= 0.6 is 11.6 Å². The number of carbonyl (C=O) groups excluding carboxylic acids is 1. The Bertz CT molecular complexity index is 2470. The first-order valence-electron chi connectivity index (χ1n) is 16.2. The number of benzene rings is 2. The van der Waals surface area contributed by atoms with E-state index in [-0.39, 0.29) is 35.6 Å². The molecule has 1 saturated carbocycles. The van der Waals surface area contributed by atoms with Crippen molar-refractivity contribution < 1.29 is 26.2 Å². The van der Waals surface area contributed by atoms with Gasteiger partial charge in [-0.25, -0.2) is 31.4 Å². The maximum Gasteiger partial charge on any atom is 0.228 e. The molecule has 1 fully saturated rings. The number of nitrogens with one attached hydrogen (secondary N) is 3. The Morgan fingerprint density at radius 3 is 2.46 bits per heavy atom. The van der Waals surface area contributed by atoms with E-state index in [1.165, 1.54) is 24.6 Å². The van der Waals surface area contributed by atoms with Crippen molar-refractivity contribution in [2.24, 2.45) is 7.05 Å². The van der Waals surface area contributed by atoms with Crippen LogP contribution in [0.1, 0.15) is 55.5 Å². The fraction of sp³-hybridized carbons (Fsp3) is 0.306. The highest BCUT2D eigenvalue weighted by molar-refractivity contribution is 8.00. The van der Waals surface area contributed by atoms with Gasteiger partial charge in [-0.2, -0.15) is 5.10 Å². The van der Waals surface area contributed by atoms with E-state index in [1.807, 2.05) is 0 Å². The zero-order valence-electron chi connectivity index (χ0n) is 28.8. The number of fused-ring (bicyclic) bond motifs is 1. The highest BCUT2D eigenvalue weighted by Gasteiger charge is 2.45. The normalized spacial score (nSPS) is 15.1. The summed E-state index contributed by atoms with van der Waals surface area (Å²) in [5.41, 5.74) is 2.27. The van der Waals surface area contributed by atoms with E-state index in [1.54, 1.807) is 56.0 Å². The van der Waals surface area contributed by atoms with Gasteiger partial charge in [-0.1, -0.05) is 23.6 Å². The molecule has 1 aliphatic rings. The van der Waals surface area contributed by atoms with Gasteiger partial charge in [-0.15, -0.1) is 0 Å². The Kier molecular flexibility index (Phi) is 9.95. The average Bonchev–Trinajstić information content (AvgIpc) is 3.71. The van der Waals surface area contributed by atoms with Gasteiger partial charge in [0.25, 0.3) is 0 Å². The van der Waals surface area contributed by atoms with Gasteiger partial charge in [-0.05, 0) is 80.8 Å². The average molecular weight is 768 g/mol. The van der Waals surface area contributed by atoms with Gasteiger partial charge >= 0.3 is 0 Å². The first-order valence-corrected chi connectivity index (χ1v) is 20.2. The quantitative estimate of drug-likeness (QED) is 0.122. The summed E-state index contributed by atoms with van der Waals surface area (Å²) in [6.45, 7) is 3.11. The van der Waals surface area contributed by atoms with E-state index in [9.17, 15) is 26.2 Å². The molecule has 272 valence electrons. The van der Waals surface area contributed by atoms with Crippen molar-refractivity contribution in [3.05, 3.63) is 94.3 Å². The second-order valence-electron chi connectivity index (χ2n) is 13.3. The Hall–Kier alpha value is -4.78. The molecule has 0 saturated heterocycles. The number of hydrogen-bond acceptors (Lipinski definition) is 7. The molecule has 16 heteroatoms. The molecule has 6 rings (SSSR count). The van der Waals surface area contributed by atoms with Crippen molar-refractivity contribution in [2.45, 2.75) is 55.6 Å². The number of anilines is 1. The summed E-state index contributed by atoms with van der Waals surface area (Å²) in [5, 5.41) is 7.83.